The Morgan fingerprint density at radius 3 is 1.26 bits per heavy atom. The van der Waals surface area contributed by atoms with E-state index < -0.39 is 5.92 Å². The van der Waals surface area contributed by atoms with Gasteiger partial charge in [0, 0.05) is 6.42 Å². The largest absolute Gasteiger partial charge is 0.245 e. The van der Waals surface area contributed by atoms with Gasteiger partial charge in [-0.1, -0.05) is 54.6 Å². The van der Waals surface area contributed by atoms with Gasteiger partial charge in [-0.15, -0.1) is 0 Å². The van der Waals surface area contributed by atoms with Crippen molar-refractivity contribution in [2.45, 2.75) is 72.5 Å². The molecular formula is C31H35F2S+. The zero-order chi connectivity index (χ0) is 23.6. The highest BCUT2D eigenvalue weighted by Gasteiger charge is 2.53. The lowest BCUT2D eigenvalue weighted by atomic mass is 9.48. The van der Waals surface area contributed by atoms with E-state index in [9.17, 15) is 8.78 Å². The fourth-order valence-electron chi connectivity index (χ4n) is 7.24. The monoisotopic (exact) mass is 477 g/mol. The van der Waals surface area contributed by atoms with E-state index >= 15 is 0 Å². The van der Waals surface area contributed by atoms with Gasteiger partial charge in [-0.2, -0.15) is 0 Å². The summed E-state index contributed by atoms with van der Waals surface area (Å²) in [6, 6.07) is 32.2. The molecule has 0 nitrogen and oxygen atoms in total. The van der Waals surface area contributed by atoms with E-state index in [0.29, 0.717) is 0 Å². The van der Waals surface area contributed by atoms with E-state index in [1.807, 2.05) is 0 Å². The molecule has 0 spiro atoms. The molecule has 0 amide bonds. The summed E-state index contributed by atoms with van der Waals surface area (Å²) in [5.74, 6) is -0.0816. The normalized spacial score (nSPS) is 27.4. The fourth-order valence-corrected chi connectivity index (χ4v) is 9.35. The van der Waals surface area contributed by atoms with Crippen molar-refractivity contribution in [1.29, 1.82) is 0 Å². The zero-order valence-corrected chi connectivity index (χ0v) is 20.8. The van der Waals surface area contributed by atoms with Crippen molar-refractivity contribution in [1.82, 2.24) is 0 Å². The molecular weight excluding hydrogens is 442 g/mol. The van der Waals surface area contributed by atoms with Gasteiger partial charge >= 0.3 is 0 Å². The summed E-state index contributed by atoms with van der Waals surface area (Å²) >= 11 is 0. The second-order valence-corrected chi connectivity index (χ2v) is 12.9. The molecule has 0 saturated heterocycles. The van der Waals surface area contributed by atoms with Gasteiger partial charge in [0.2, 0.25) is 5.92 Å². The third-order valence-corrected chi connectivity index (χ3v) is 10.0. The minimum atomic E-state index is -2.45. The Hall–Kier alpha value is -2.13. The summed E-state index contributed by atoms with van der Waals surface area (Å²) in [7, 11) is -0.0146. The van der Waals surface area contributed by atoms with Gasteiger partial charge in [0.25, 0.3) is 0 Å². The highest BCUT2D eigenvalue weighted by molar-refractivity contribution is 7.97. The standard InChI is InChI=1S/C18H15S.C13H20F2/c1-4-10-16(11-5-1)19(17-12-6-2-7-13-17)18-14-8-3-9-15-18;1-12(14,15)8-13-5-9-2-10(6-13)4-11(3-9)7-13/h1-15H;9-11H,2-8H2,1H3/q+1;. The van der Waals surface area contributed by atoms with Crippen LogP contribution in [0.2, 0.25) is 0 Å². The molecule has 4 aliphatic carbocycles. The Morgan fingerprint density at radius 2 is 0.971 bits per heavy atom. The molecule has 3 heteroatoms. The molecule has 0 atom stereocenters. The van der Waals surface area contributed by atoms with Crippen LogP contribution in [0.5, 0.6) is 0 Å². The number of hydrogen-bond acceptors (Lipinski definition) is 0. The average Bonchev–Trinajstić information content (AvgIpc) is 2.79. The van der Waals surface area contributed by atoms with E-state index in [0.717, 1.165) is 43.9 Å². The van der Waals surface area contributed by atoms with E-state index in [1.54, 1.807) is 0 Å². The van der Waals surface area contributed by atoms with Gasteiger partial charge in [-0.05, 0) is 105 Å². The second kappa shape index (κ2) is 9.85. The van der Waals surface area contributed by atoms with Gasteiger partial charge < -0.3 is 0 Å². The zero-order valence-electron chi connectivity index (χ0n) is 20.0. The highest BCUT2D eigenvalue weighted by Crippen LogP contribution is 2.62. The van der Waals surface area contributed by atoms with Crippen LogP contribution in [0.25, 0.3) is 0 Å². The number of rotatable bonds is 5. The molecule has 0 aliphatic heterocycles. The van der Waals surface area contributed by atoms with Crippen LogP contribution >= 0.6 is 0 Å². The van der Waals surface area contributed by atoms with Gasteiger partial charge in [-0.25, -0.2) is 8.78 Å². The number of alkyl halides is 2. The molecule has 0 heterocycles. The lowest BCUT2D eigenvalue weighted by Gasteiger charge is -2.57. The molecule has 0 unspecified atom stereocenters. The minimum Gasteiger partial charge on any atom is -0.207 e. The maximum absolute atomic E-state index is 13.2. The maximum atomic E-state index is 13.2. The van der Waals surface area contributed by atoms with Crippen LogP contribution in [-0.2, 0) is 10.9 Å². The first-order valence-electron chi connectivity index (χ1n) is 12.7. The Labute approximate surface area is 206 Å². The molecule has 4 bridgehead atoms. The van der Waals surface area contributed by atoms with Crippen molar-refractivity contribution in [2.75, 3.05) is 0 Å². The Balaban J connectivity index is 0.000000145. The molecule has 0 N–H and O–H groups in total. The van der Waals surface area contributed by atoms with E-state index in [1.165, 1.54) is 33.9 Å². The van der Waals surface area contributed by atoms with Crippen molar-refractivity contribution >= 4 is 10.9 Å². The summed E-state index contributed by atoms with van der Waals surface area (Å²) in [5.41, 5.74) is 0.0347. The number of benzene rings is 3. The molecule has 3 aromatic carbocycles. The van der Waals surface area contributed by atoms with E-state index in [4.69, 9.17) is 0 Å². The van der Waals surface area contributed by atoms with Crippen molar-refractivity contribution in [3.05, 3.63) is 91.0 Å². The summed E-state index contributed by atoms with van der Waals surface area (Å²) < 4.78 is 26.5. The average molecular weight is 478 g/mol. The summed E-state index contributed by atoms with van der Waals surface area (Å²) in [4.78, 5) is 4.08. The topological polar surface area (TPSA) is 0 Å². The lowest BCUT2D eigenvalue weighted by Crippen LogP contribution is -2.47. The van der Waals surface area contributed by atoms with Crippen LogP contribution < -0.4 is 0 Å². The summed E-state index contributed by atoms with van der Waals surface area (Å²) in [6.45, 7) is 1.10. The number of halogens is 2. The van der Waals surface area contributed by atoms with Crippen LogP contribution in [0.15, 0.2) is 106 Å². The Kier molecular flexibility index (Phi) is 6.84. The van der Waals surface area contributed by atoms with Crippen molar-refractivity contribution in [2.24, 2.45) is 23.2 Å². The predicted molar refractivity (Wildman–Crippen MR) is 137 cm³/mol. The second-order valence-electron chi connectivity index (χ2n) is 10.9. The molecule has 0 radical (unpaired) electrons. The van der Waals surface area contributed by atoms with Crippen molar-refractivity contribution in [3.8, 4) is 0 Å². The van der Waals surface area contributed by atoms with E-state index in [-0.39, 0.29) is 22.7 Å². The van der Waals surface area contributed by atoms with Crippen LogP contribution in [0, 0.1) is 23.2 Å². The van der Waals surface area contributed by atoms with Crippen LogP contribution in [0.1, 0.15) is 51.9 Å². The molecule has 4 saturated carbocycles. The fraction of sp³-hybridized carbons (Fsp3) is 0.419. The van der Waals surface area contributed by atoms with Gasteiger partial charge in [-0.3, -0.25) is 0 Å². The summed E-state index contributed by atoms with van der Waals surface area (Å²) in [6.07, 6.45) is 7.48. The Bertz CT molecular complexity index is 914. The number of hydrogen-bond donors (Lipinski definition) is 0. The molecule has 4 aliphatic rings. The first-order valence-corrected chi connectivity index (χ1v) is 13.9. The van der Waals surface area contributed by atoms with Crippen LogP contribution in [-0.4, -0.2) is 5.92 Å². The van der Waals surface area contributed by atoms with Gasteiger partial charge in [0.05, 0.1) is 10.9 Å². The third-order valence-electron chi connectivity index (χ3n) is 7.79. The predicted octanol–water partition coefficient (Wildman–Crippen LogP) is 9.03. The first kappa shape index (κ1) is 23.6. The molecule has 7 rings (SSSR count). The van der Waals surface area contributed by atoms with Gasteiger partial charge in [0.15, 0.2) is 14.7 Å². The lowest BCUT2D eigenvalue weighted by molar-refractivity contribution is -0.112. The third kappa shape index (κ3) is 5.57. The molecule has 34 heavy (non-hydrogen) atoms. The van der Waals surface area contributed by atoms with Gasteiger partial charge in [0.1, 0.15) is 0 Å². The van der Waals surface area contributed by atoms with Crippen LogP contribution in [0.3, 0.4) is 0 Å². The molecule has 0 aromatic heterocycles. The molecule has 178 valence electrons. The van der Waals surface area contributed by atoms with Crippen molar-refractivity contribution in [3.63, 3.8) is 0 Å². The van der Waals surface area contributed by atoms with Crippen LogP contribution in [0.4, 0.5) is 8.78 Å². The van der Waals surface area contributed by atoms with E-state index in [2.05, 4.69) is 91.0 Å². The molecule has 3 aromatic rings. The highest BCUT2D eigenvalue weighted by atomic mass is 32.2. The minimum absolute atomic E-state index is 0.0146. The summed E-state index contributed by atoms with van der Waals surface area (Å²) in [5, 5.41) is 0. The maximum Gasteiger partial charge on any atom is 0.245 e. The smallest absolute Gasteiger partial charge is 0.207 e. The van der Waals surface area contributed by atoms with Crippen molar-refractivity contribution < 1.29 is 8.78 Å². The SMILES string of the molecule is CC(F)(F)CC12CC3CC(CC(C3)C1)C2.c1ccc([S+](c2ccccc2)c2ccccc2)cc1. The Morgan fingerprint density at radius 1 is 0.647 bits per heavy atom. The quantitative estimate of drug-likeness (QED) is 0.322. The molecule has 4 fully saturated rings. The first-order chi connectivity index (χ1) is 16.4.